The van der Waals surface area contributed by atoms with Crippen molar-refractivity contribution in [1.29, 1.82) is 0 Å². The Hall–Kier alpha value is -1.29. The van der Waals surface area contributed by atoms with Gasteiger partial charge in [-0.1, -0.05) is 0 Å². The zero-order chi connectivity index (χ0) is 9.84. The van der Waals surface area contributed by atoms with Crippen LogP contribution in [0.15, 0.2) is 16.5 Å². The molecule has 0 spiro atoms. The van der Waals surface area contributed by atoms with Crippen molar-refractivity contribution in [2.45, 2.75) is 12.8 Å². The zero-order valence-electron chi connectivity index (χ0n) is 6.62. The summed E-state index contributed by atoms with van der Waals surface area (Å²) >= 11 is 5.43. The van der Waals surface area contributed by atoms with E-state index < -0.39 is 5.97 Å². The topological polar surface area (TPSA) is 67.5 Å². The van der Waals surface area contributed by atoms with Gasteiger partial charge in [-0.2, -0.15) is 0 Å². The van der Waals surface area contributed by atoms with Gasteiger partial charge in [0.25, 0.3) is 0 Å². The van der Waals surface area contributed by atoms with Crippen LogP contribution in [0.25, 0.3) is 0 Å². The van der Waals surface area contributed by atoms with E-state index >= 15 is 0 Å². The van der Waals surface area contributed by atoms with Crippen molar-refractivity contribution in [2.24, 2.45) is 0 Å². The van der Waals surface area contributed by atoms with Crippen molar-refractivity contribution < 1.29 is 19.1 Å². The average molecular weight is 203 g/mol. The summed E-state index contributed by atoms with van der Waals surface area (Å²) in [5.41, 5.74) is 0. The first-order chi connectivity index (χ1) is 6.09. The minimum Gasteiger partial charge on any atom is -0.481 e. The molecule has 1 rings (SSSR count). The lowest BCUT2D eigenvalue weighted by Crippen LogP contribution is -2.02. The van der Waals surface area contributed by atoms with Gasteiger partial charge in [-0.15, -0.1) is 0 Å². The largest absolute Gasteiger partial charge is 0.481 e. The highest BCUT2D eigenvalue weighted by molar-refractivity contribution is 6.29. The smallest absolute Gasteiger partial charge is 0.303 e. The maximum Gasteiger partial charge on any atom is 0.303 e. The van der Waals surface area contributed by atoms with E-state index in [0.717, 1.165) is 0 Å². The summed E-state index contributed by atoms with van der Waals surface area (Å²) in [4.78, 5) is 21.3. The van der Waals surface area contributed by atoms with Crippen molar-refractivity contribution in [2.75, 3.05) is 0 Å². The molecule has 13 heavy (non-hydrogen) atoms. The van der Waals surface area contributed by atoms with Crippen molar-refractivity contribution >= 4 is 23.4 Å². The molecule has 1 aromatic rings. The van der Waals surface area contributed by atoms with Gasteiger partial charge in [-0.05, 0) is 23.7 Å². The van der Waals surface area contributed by atoms with Crippen LogP contribution in [0.2, 0.25) is 5.22 Å². The summed E-state index contributed by atoms with van der Waals surface area (Å²) in [6, 6.07) is 2.86. The SMILES string of the molecule is O=C(O)CCC(=O)c1ccc(Cl)o1. The van der Waals surface area contributed by atoms with Gasteiger partial charge in [0.2, 0.25) is 0 Å². The maximum absolute atomic E-state index is 11.1. The molecule has 0 amide bonds. The molecule has 0 fully saturated rings. The Morgan fingerprint density at radius 1 is 1.38 bits per heavy atom. The van der Waals surface area contributed by atoms with E-state index in [1.807, 2.05) is 0 Å². The van der Waals surface area contributed by atoms with Crippen molar-refractivity contribution in [3.63, 3.8) is 0 Å². The monoisotopic (exact) mass is 202 g/mol. The summed E-state index contributed by atoms with van der Waals surface area (Å²) < 4.78 is 4.80. The minimum atomic E-state index is -1.01. The molecule has 4 nitrogen and oxygen atoms in total. The third kappa shape index (κ3) is 2.91. The van der Waals surface area contributed by atoms with Crippen molar-refractivity contribution in [1.82, 2.24) is 0 Å². The standard InChI is InChI=1S/C8H7ClO4/c9-7-3-2-6(13-7)5(10)1-4-8(11)12/h2-3H,1,4H2,(H,11,12). The molecule has 0 saturated carbocycles. The van der Waals surface area contributed by atoms with Crippen LogP contribution in [0.3, 0.4) is 0 Å². The van der Waals surface area contributed by atoms with E-state index in [1.165, 1.54) is 12.1 Å². The van der Waals surface area contributed by atoms with Crippen LogP contribution in [-0.4, -0.2) is 16.9 Å². The fourth-order valence-corrected chi connectivity index (χ4v) is 0.954. The fourth-order valence-electron chi connectivity index (χ4n) is 0.808. The number of Topliss-reactive ketones (excluding diaryl/α,β-unsaturated/α-hetero) is 1. The molecule has 0 radical (unpaired) electrons. The molecule has 1 N–H and O–H groups in total. The Morgan fingerprint density at radius 2 is 2.08 bits per heavy atom. The Morgan fingerprint density at radius 3 is 2.54 bits per heavy atom. The van der Waals surface area contributed by atoms with E-state index in [9.17, 15) is 9.59 Å². The molecule has 0 bridgehead atoms. The second-order valence-corrected chi connectivity index (χ2v) is 2.79. The zero-order valence-corrected chi connectivity index (χ0v) is 7.37. The van der Waals surface area contributed by atoms with Gasteiger partial charge in [0.15, 0.2) is 16.8 Å². The molecule has 0 aliphatic rings. The molecule has 0 atom stereocenters. The Kier molecular flexibility index (Phi) is 3.08. The number of furan rings is 1. The number of halogens is 1. The highest BCUT2D eigenvalue weighted by atomic mass is 35.5. The molecule has 1 heterocycles. The summed E-state index contributed by atoms with van der Waals surface area (Å²) in [7, 11) is 0. The lowest BCUT2D eigenvalue weighted by atomic mass is 10.2. The van der Waals surface area contributed by atoms with Gasteiger partial charge in [0.1, 0.15) is 0 Å². The van der Waals surface area contributed by atoms with Crippen LogP contribution in [0.4, 0.5) is 0 Å². The number of carbonyl (C=O) groups is 2. The van der Waals surface area contributed by atoms with Crippen LogP contribution in [0, 0.1) is 0 Å². The van der Waals surface area contributed by atoms with Crippen LogP contribution in [0.5, 0.6) is 0 Å². The van der Waals surface area contributed by atoms with Crippen LogP contribution < -0.4 is 0 Å². The summed E-state index contributed by atoms with van der Waals surface area (Å²) in [5.74, 6) is -1.26. The van der Waals surface area contributed by atoms with Gasteiger partial charge < -0.3 is 9.52 Å². The lowest BCUT2D eigenvalue weighted by molar-refractivity contribution is -0.136. The number of rotatable bonds is 4. The Balaban J connectivity index is 2.54. The lowest BCUT2D eigenvalue weighted by Gasteiger charge is -1.92. The minimum absolute atomic E-state index is 0.0703. The van der Waals surface area contributed by atoms with E-state index in [1.54, 1.807) is 0 Å². The van der Waals surface area contributed by atoms with Gasteiger partial charge in [0.05, 0.1) is 6.42 Å². The first-order valence-corrected chi connectivity index (χ1v) is 3.97. The van der Waals surface area contributed by atoms with Gasteiger partial charge in [0, 0.05) is 6.42 Å². The van der Waals surface area contributed by atoms with E-state index in [-0.39, 0.29) is 29.6 Å². The number of carbonyl (C=O) groups excluding carboxylic acids is 1. The van der Waals surface area contributed by atoms with Crippen LogP contribution >= 0.6 is 11.6 Å². The van der Waals surface area contributed by atoms with Crippen molar-refractivity contribution in [3.8, 4) is 0 Å². The van der Waals surface area contributed by atoms with E-state index in [0.29, 0.717) is 0 Å². The van der Waals surface area contributed by atoms with Gasteiger partial charge in [-0.25, -0.2) is 0 Å². The third-order valence-electron chi connectivity index (χ3n) is 1.41. The fraction of sp³-hybridized carbons (Fsp3) is 0.250. The first kappa shape index (κ1) is 9.80. The number of hydrogen-bond donors (Lipinski definition) is 1. The summed E-state index contributed by atoms with van der Waals surface area (Å²) in [6.45, 7) is 0. The number of hydrogen-bond acceptors (Lipinski definition) is 3. The quantitative estimate of drug-likeness (QED) is 0.758. The highest BCUT2D eigenvalue weighted by Gasteiger charge is 2.11. The summed E-state index contributed by atoms with van der Waals surface area (Å²) in [5, 5.41) is 8.43. The highest BCUT2D eigenvalue weighted by Crippen LogP contribution is 2.15. The average Bonchev–Trinajstić information content (AvgIpc) is 2.47. The predicted molar refractivity (Wildman–Crippen MR) is 44.9 cm³/mol. The first-order valence-electron chi connectivity index (χ1n) is 3.60. The van der Waals surface area contributed by atoms with Gasteiger partial charge >= 0.3 is 5.97 Å². The van der Waals surface area contributed by atoms with Crippen LogP contribution in [-0.2, 0) is 4.79 Å². The second-order valence-electron chi connectivity index (χ2n) is 2.42. The molecule has 1 aromatic heterocycles. The molecular weight excluding hydrogens is 196 g/mol. The Bertz CT molecular complexity index is 329. The molecular formula is C8H7ClO4. The normalized spacial score (nSPS) is 9.92. The molecule has 0 aromatic carbocycles. The second kappa shape index (κ2) is 4.09. The molecule has 70 valence electrons. The summed E-state index contributed by atoms with van der Waals surface area (Å²) in [6.07, 6.45) is -0.268. The maximum atomic E-state index is 11.1. The predicted octanol–water partition coefficient (Wildman–Crippen LogP) is 1.98. The van der Waals surface area contributed by atoms with E-state index in [4.69, 9.17) is 21.1 Å². The third-order valence-corrected chi connectivity index (χ3v) is 1.62. The molecule has 0 unspecified atom stereocenters. The molecule has 0 saturated heterocycles. The molecule has 0 aliphatic carbocycles. The molecule has 0 aliphatic heterocycles. The Labute approximate surface area is 79.1 Å². The number of aliphatic carboxylic acids is 1. The number of ketones is 1. The van der Waals surface area contributed by atoms with Gasteiger partial charge in [-0.3, -0.25) is 9.59 Å². The number of carboxylic acid groups (broad SMARTS) is 1. The van der Waals surface area contributed by atoms with E-state index in [2.05, 4.69) is 0 Å². The molecule has 5 heteroatoms. The van der Waals surface area contributed by atoms with Crippen molar-refractivity contribution in [3.05, 3.63) is 23.1 Å². The van der Waals surface area contributed by atoms with Crippen LogP contribution in [0.1, 0.15) is 23.4 Å². The number of carboxylic acids is 1.